The molecule has 11 heteroatoms. The molecule has 30 heavy (non-hydrogen) atoms. The third kappa shape index (κ3) is 3.62. The van der Waals surface area contributed by atoms with Gasteiger partial charge in [-0.05, 0) is 38.1 Å². The molecule has 1 N–H and O–H groups in total. The van der Waals surface area contributed by atoms with E-state index in [1.165, 1.54) is 17.9 Å². The number of halogens is 1. The van der Waals surface area contributed by atoms with Crippen LogP contribution in [0.2, 0.25) is 5.02 Å². The number of fused-ring (bicyclic) bond motifs is 1. The summed E-state index contributed by atoms with van der Waals surface area (Å²) < 4.78 is 7.08. The van der Waals surface area contributed by atoms with E-state index in [9.17, 15) is 9.59 Å². The first-order chi connectivity index (χ1) is 14.3. The Morgan fingerprint density at radius 1 is 1.27 bits per heavy atom. The summed E-state index contributed by atoms with van der Waals surface area (Å²) in [4.78, 5) is 31.0. The number of rotatable bonds is 4. The number of benzene rings is 1. The number of carbonyl (C=O) groups is 1. The summed E-state index contributed by atoms with van der Waals surface area (Å²) in [5.41, 5.74) is 1.57. The van der Waals surface area contributed by atoms with E-state index in [4.69, 9.17) is 16.0 Å². The Bertz CT molecular complexity index is 1430. The largest absolute Gasteiger partial charge is 0.442 e. The number of aromatic nitrogens is 4. The second-order valence-corrected chi connectivity index (χ2v) is 7.76. The maximum atomic E-state index is 12.2. The van der Waals surface area contributed by atoms with Gasteiger partial charge in [-0.2, -0.15) is 10.2 Å². The summed E-state index contributed by atoms with van der Waals surface area (Å²) in [7, 11) is 0. The van der Waals surface area contributed by atoms with Crippen LogP contribution in [0.5, 0.6) is 0 Å². The Labute approximate surface area is 178 Å². The molecule has 0 saturated heterocycles. The SMILES string of the molecule is CC(=O)c1nn(-c2ccc(Cl)cc2)/c(=N/N=C(/C)c2c(C)oc3nc[nH]c(=O)c23)s1. The van der Waals surface area contributed by atoms with Crippen molar-refractivity contribution < 1.29 is 9.21 Å². The summed E-state index contributed by atoms with van der Waals surface area (Å²) in [6, 6.07) is 6.96. The predicted octanol–water partition coefficient (Wildman–Crippen LogP) is 3.25. The highest BCUT2D eigenvalue weighted by molar-refractivity contribution is 7.10. The van der Waals surface area contributed by atoms with Crippen molar-refractivity contribution >= 4 is 45.5 Å². The molecular weight excluding hydrogens is 428 g/mol. The molecule has 0 aliphatic carbocycles. The monoisotopic (exact) mass is 442 g/mol. The topological polar surface area (TPSA) is 118 Å². The molecular formula is C19H15ClN6O3S. The number of carbonyl (C=O) groups excluding carboxylic acids is 1. The Morgan fingerprint density at radius 2 is 2.00 bits per heavy atom. The highest BCUT2D eigenvalue weighted by Gasteiger charge is 2.18. The zero-order valence-corrected chi connectivity index (χ0v) is 17.7. The quantitative estimate of drug-likeness (QED) is 0.295. The molecule has 4 rings (SSSR count). The Kier molecular flexibility index (Phi) is 5.18. The van der Waals surface area contributed by atoms with Crippen LogP contribution >= 0.6 is 22.9 Å². The molecule has 0 bridgehead atoms. The van der Waals surface area contributed by atoms with Crippen molar-refractivity contribution in [2.45, 2.75) is 20.8 Å². The lowest BCUT2D eigenvalue weighted by Gasteiger charge is -2.00. The number of ketones is 1. The van der Waals surface area contributed by atoms with E-state index in [2.05, 4.69) is 25.3 Å². The molecule has 0 spiro atoms. The highest BCUT2D eigenvalue weighted by Crippen LogP contribution is 2.21. The van der Waals surface area contributed by atoms with Crippen LogP contribution in [-0.2, 0) is 0 Å². The number of furan rings is 1. The molecule has 0 atom stereocenters. The summed E-state index contributed by atoms with van der Waals surface area (Å²) in [5, 5.41) is 14.1. The summed E-state index contributed by atoms with van der Waals surface area (Å²) in [6.45, 7) is 4.88. The molecule has 3 aromatic heterocycles. The number of nitrogens with zero attached hydrogens (tertiary/aromatic N) is 5. The second-order valence-electron chi connectivity index (χ2n) is 6.36. The smallest absolute Gasteiger partial charge is 0.262 e. The number of hydrogen-bond acceptors (Lipinski definition) is 8. The fourth-order valence-electron chi connectivity index (χ4n) is 2.90. The third-order valence-corrected chi connectivity index (χ3v) is 5.50. The van der Waals surface area contributed by atoms with Crippen molar-refractivity contribution in [3.05, 3.63) is 67.1 Å². The van der Waals surface area contributed by atoms with Gasteiger partial charge in [-0.3, -0.25) is 9.59 Å². The molecule has 0 aliphatic rings. The average Bonchev–Trinajstić information content (AvgIpc) is 3.28. The lowest BCUT2D eigenvalue weighted by molar-refractivity contribution is 0.101. The van der Waals surface area contributed by atoms with Crippen LogP contribution in [0.3, 0.4) is 0 Å². The van der Waals surface area contributed by atoms with Crippen molar-refractivity contribution in [1.82, 2.24) is 19.7 Å². The van der Waals surface area contributed by atoms with Gasteiger partial charge in [-0.1, -0.05) is 22.9 Å². The van der Waals surface area contributed by atoms with Gasteiger partial charge < -0.3 is 9.40 Å². The maximum Gasteiger partial charge on any atom is 0.262 e. The fourth-order valence-corrected chi connectivity index (χ4v) is 3.78. The number of hydrogen-bond donors (Lipinski definition) is 1. The first kappa shape index (κ1) is 19.9. The normalized spacial score (nSPS) is 12.7. The van der Waals surface area contributed by atoms with Gasteiger partial charge in [0.1, 0.15) is 11.1 Å². The van der Waals surface area contributed by atoms with Crippen molar-refractivity contribution in [1.29, 1.82) is 0 Å². The minimum Gasteiger partial charge on any atom is -0.442 e. The van der Waals surface area contributed by atoms with Gasteiger partial charge in [-0.15, -0.1) is 5.10 Å². The third-order valence-electron chi connectivity index (χ3n) is 4.25. The predicted molar refractivity (Wildman–Crippen MR) is 114 cm³/mol. The fraction of sp³-hybridized carbons (Fsp3) is 0.158. The van der Waals surface area contributed by atoms with E-state index >= 15 is 0 Å². The van der Waals surface area contributed by atoms with E-state index in [0.29, 0.717) is 42.9 Å². The highest BCUT2D eigenvalue weighted by atomic mass is 35.5. The molecule has 9 nitrogen and oxygen atoms in total. The molecule has 152 valence electrons. The molecule has 1 aromatic carbocycles. The van der Waals surface area contributed by atoms with E-state index in [-0.39, 0.29) is 17.1 Å². The summed E-state index contributed by atoms with van der Waals surface area (Å²) in [6.07, 6.45) is 1.28. The minimum atomic E-state index is -0.325. The minimum absolute atomic E-state index is 0.181. The van der Waals surface area contributed by atoms with Gasteiger partial charge in [0.15, 0.2) is 10.8 Å². The number of Topliss-reactive ketones (excluding diaryl/α,β-unsaturated/α-hetero) is 1. The van der Waals surface area contributed by atoms with Crippen LogP contribution in [0, 0.1) is 6.92 Å². The molecule has 3 heterocycles. The van der Waals surface area contributed by atoms with Crippen LogP contribution in [-0.4, -0.2) is 31.2 Å². The van der Waals surface area contributed by atoms with Crippen LogP contribution in [0.15, 0.2) is 50.0 Å². The van der Waals surface area contributed by atoms with E-state index in [1.807, 2.05) is 0 Å². The molecule has 0 aliphatic heterocycles. The lowest BCUT2D eigenvalue weighted by Crippen LogP contribution is -2.14. The maximum absolute atomic E-state index is 12.2. The van der Waals surface area contributed by atoms with E-state index in [0.717, 1.165) is 11.3 Å². The first-order valence-electron chi connectivity index (χ1n) is 8.77. The van der Waals surface area contributed by atoms with Gasteiger partial charge in [0.2, 0.25) is 10.5 Å². The number of H-pyrrole nitrogens is 1. The van der Waals surface area contributed by atoms with Crippen LogP contribution in [0.4, 0.5) is 0 Å². The lowest BCUT2D eigenvalue weighted by atomic mass is 10.1. The van der Waals surface area contributed by atoms with Gasteiger partial charge in [0.25, 0.3) is 5.56 Å². The van der Waals surface area contributed by atoms with Gasteiger partial charge in [-0.25, -0.2) is 9.67 Å². The standard InChI is InChI=1S/C19H15ClN6O3S/c1-9(14-11(3)29-17-15(14)16(28)21-8-22-17)23-24-19-26(25-18(30-19)10(2)27)13-6-4-12(20)5-7-13/h4-8H,1-3H3,(H,21,22,28)/b23-9-,24-19-. The Balaban J connectivity index is 1.87. The van der Waals surface area contributed by atoms with E-state index < -0.39 is 0 Å². The number of aryl methyl sites for hydroxylation is 1. The van der Waals surface area contributed by atoms with Crippen molar-refractivity contribution in [3.8, 4) is 5.69 Å². The Hall–Kier alpha value is -3.37. The van der Waals surface area contributed by atoms with Crippen molar-refractivity contribution in [3.63, 3.8) is 0 Å². The molecule has 0 amide bonds. The van der Waals surface area contributed by atoms with Gasteiger partial charge in [0.05, 0.1) is 23.3 Å². The first-order valence-corrected chi connectivity index (χ1v) is 9.97. The zero-order valence-electron chi connectivity index (χ0n) is 16.1. The van der Waals surface area contributed by atoms with Crippen molar-refractivity contribution in [2.75, 3.05) is 0 Å². The average molecular weight is 443 g/mol. The van der Waals surface area contributed by atoms with Crippen LogP contribution < -0.4 is 10.4 Å². The summed E-state index contributed by atoms with van der Waals surface area (Å²) in [5.74, 6) is 0.323. The second kappa shape index (κ2) is 7.81. The summed E-state index contributed by atoms with van der Waals surface area (Å²) >= 11 is 7.07. The Morgan fingerprint density at radius 3 is 2.70 bits per heavy atom. The molecule has 0 unspecified atom stereocenters. The number of nitrogens with one attached hydrogen (secondary N) is 1. The molecule has 4 aromatic rings. The van der Waals surface area contributed by atoms with Gasteiger partial charge in [0, 0.05) is 11.9 Å². The molecule has 0 radical (unpaired) electrons. The van der Waals surface area contributed by atoms with Crippen LogP contribution in [0.25, 0.3) is 16.8 Å². The van der Waals surface area contributed by atoms with Gasteiger partial charge >= 0.3 is 0 Å². The van der Waals surface area contributed by atoms with E-state index in [1.54, 1.807) is 38.1 Å². The number of aromatic amines is 1. The zero-order chi connectivity index (χ0) is 21.4. The van der Waals surface area contributed by atoms with Crippen molar-refractivity contribution in [2.24, 2.45) is 10.2 Å². The van der Waals surface area contributed by atoms with Crippen LogP contribution in [0.1, 0.15) is 35.0 Å². The molecule has 0 fully saturated rings. The molecule has 0 saturated carbocycles.